The van der Waals surface area contributed by atoms with Gasteiger partial charge in [0.15, 0.2) is 5.16 Å². The molecule has 108 valence electrons. The van der Waals surface area contributed by atoms with Gasteiger partial charge in [-0.3, -0.25) is 9.59 Å². The van der Waals surface area contributed by atoms with Gasteiger partial charge in [-0.05, 0) is 18.4 Å². The molecule has 7 nitrogen and oxygen atoms in total. The fourth-order valence-electron chi connectivity index (χ4n) is 2.08. The Morgan fingerprint density at radius 2 is 2.09 bits per heavy atom. The van der Waals surface area contributed by atoms with Crippen molar-refractivity contribution < 1.29 is 0 Å². The third-order valence-electron chi connectivity index (χ3n) is 3.12. The van der Waals surface area contributed by atoms with Crippen molar-refractivity contribution in [3.8, 4) is 17.3 Å². The Kier molecular flexibility index (Phi) is 3.48. The molecule has 0 spiro atoms. The fraction of sp³-hybridized carbons (Fsp3) is 0.0714. The molecule has 0 amide bonds. The van der Waals surface area contributed by atoms with E-state index in [1.807, 2.05) is 6.07 Å². The Labute approximate surface area is 128 Å². The second kappa shape index (κ2) is 5.46. The number of hydrogen-bond donors (Lipinski definition) is 2. The molecule has 2 aromatic heterocycles. The van der Waals surface area contributed by atoms with Crippen LogP contribution in [-0.2, 0) is 0 Å². The van der Waals surface area contributed by atoms with Gasteiger partial charge in [0.2, 0.25) is 0 Å². The van der Waals surface area contributed by atoms with E-state index in [1.54, 1.807) is 24.5 Å². The molecule has 0 aliphatic rings. The number of fused-ring (bicyclic) bond motifs is 1. The van der Waals surface area contributed by atoms with Crippen LogP contribution in [0.3, 0.4) is 0 Å². The van der Waals surface area contributed by atoms with Crippen LogP contribution in [0.5, 0.6) is 0 Å². The van der Waals surface area contributed by atoms with Gasteiger partial charge in [-0.2, -0.15) is 5.26 Å². The molecule has 1 aromatic carbocycles. The first kappa shape index (κ1) is 14.0. The lowest BCUT2D eigenvalue weighted by Crippen LogP contribution is -2.14. The molecule has 0 aliphatic carbocycles. The summed E-state index contributed by atoms with van der Waals surface area (Å²) in [7, 11) is 0. The number of nitrogens with zero attached hydrogens (tertiary/aromatic N) is 3. The third kappa shape index (κ3) is 2.27. The second-order valence-electron chi connectivity index (χ2n) is 4.37. The van der Waals surface area contributed by atoms with E-state index in [1.165, 1.54) is 18.1 Å². The highest BCUT2D eigenvalue weighted by molar-refractivity contribution is 7.98. The van der Waals surface area contributed by atoms with E-state index >= 15 is 0 Å². The summed E-state index contributed by atoms with van der Waals surface area (Å²) in [4.78, 5) is 37.2. The average Bonchev–Trinajstić information content (AvgIpc) is 2.54. The predicted molar refractivity (Wildman–Crippen MR) is 82.7 cm³/mol. The lowest BCUT2D eigenvalue weighted by Gasteiger charge is -2.06. The van der Waals surface area contributed by atoms with Gasteiger partial charge in [0, 0.05) is 5.56 Å². The van der Waals surface area contributed by atoms with Gasteiger partial charge in [0.1, 0.15) is 11.6 Å². The minimum absolute atomic E-state index is 0.0857. The summed E-state index contributed by atoms with van der Waals surface area (Å²) in [5.41, 5.74) is 0.417. The minimum atomic E-state index is -0.503. The largest absolute Gasteiger partial charge is 0.313 e. The van der Waals surface area contributed by atoms with Gasteiger partial charge in [-0.15, -0.1) is 0 Å². The van der Waals surface area contributed by atoms with E-state index in [9.17, 15) is 14.9 Å². The molecule has 0 saturated heterocycles. The number of nitrogens with one attached hydrogen (secondary N) is 2. The topological polar surface area (TPSA) is 115 Å². The molecule has 0 fully saturated rings. The van der Waals surface area contributed by atoms with Gasteiger partial charge >= 0.3 is 0 Å². The van der Waals surface area contributed by atoms with Crippen LogP contribution in [0, 0.1) is 11.3 Å². The zero-order valence-corrected chi connectivity index (χ0v) is 12.2. The molecule has 0 saturated carbocycles. The second-order valence-corrected chi connectivity index (χ2v) is 5.17. The molecule has 2 N–H and O–H groups in total. The zero-order valence-electron chi connectivity index (χ0n) is 11.4. The summed E-state index contributed by atoms with van der Waals surface area (Å²) in [6, 6.07) is 6.77. The molecular weight excluding hydrogens is 302 g/mol. The molecule has 0 radical (unpaired) electrons. The van der Waals surface area contributed by atoms with E-state index < -0.39 is 5.56 Å². The first-order valence-corrected chi connectivity index (χ1v) is 7.42. The monoisotopic (exact) mass is 311 g/mol. The maximum atomic E-state index is 11.9. The van der Waals surface area contributed by atoms with Crippen molar-refractivity contribution in [2.45, 2.75) is 5.16 Å². The maximum Gasteiger partial charge on any atom is 0.270 e. The molecule has 0 unspecified atom stereocenters. The fourth-order valence-corrected chi connectivity index (χ4v) is 2.46. The van der Waals surface area contributed by atoms with Crippen LogP contribution in [0.2, 0.25) is 0 Å². The van der Waals surface area contributed by atoms with Crippen molar-refractivity contribution in [1.29, 1.82) is 5.26 Å². The number of nitriles is 1. The average molecular weight is 311 g/mol. The lowest BCUT2D eigenvalue weighted by atomic mass is 10.1. The summed E-state index contributed by atoms with van der Waals surface area (Å²) in [5.74, 6) is 0. The van der Waals surface area contributed by atoms with Crippen LogP contribution >= 0.6 is 11.8 Å². The van der Waals surface area contributed by atoms with Gasteiger partial charge in [-0.1, -0.05) is 17.8 Å². The van der Waals surface area contributed by atoms with Crippen LogP contribution in [0.25, 0.3) is 22.2 Å². The predicted octanol–water partition coefficient (Wildman–Crippen LogP) is 1.27. The van der Waals surface area contributed by atoms with Gasteiger partial charge in [0.05, 0.1) is 22.9 Å². The maximum absolute atomic E-state index is 11.9. The summed E-state index contributed by atoms with van der Waals surface area (Å²) in [6.07, 6.45) is 3.09. The van der Waals surface area contributed by atoms with Crippen molar-refractivity contribution in [2.75, 3.05) is 6.26 Å². The van der Waals surface area contributed by atoms with Crippen LogP contribution in [-0.4, -0.2) is 26.2 Å². The Morgan fingerprint density at radius 1 is 1.27 bits per heavy atom. The molecule has 0 bridgehead atoms. The van der Waals surface area contributed by atoms with Crippen LogP contribution in [0.15, 0.2) is 39.3 Å². The van der Waals surface area contributed by atoms with Crippen molar-refractivity contribution in [1.82, 2.24) is 19.9 Å². The van der Waals surface area contributed by atoms with Gasteiger partial charge in [-0.25, -0.2) is 9.97 Å². The first-order valence-electron chi connectivity index (χ1n) is 6.20. The Balaban J connectivity index is 2.34. The third-order valence-corrected chi connectivity index (χ3v) is 3.70. The number of H-pyrrole nitrogens is 2. The summed E-state index contributed by atoms with van der Waals surface area (Å²) in [5, 5.41) is 9.97. The van der Waals surface area contributed by atoms with Crippen LogP contribution < -0.4 is 11.1 Å². The summed E-state index contributed by atoms with van der Waals surface area (Å²) >= 11 is 1.26. The molecule has 0 atom stereocenters. The van der Waals surface area contributed by atoms with Gasteiger partial charge < -0.3 is 9.97 Å². The highest BCUT2D eigenvalue weighted by Crippen LogP contribution is 2.23. The number of rotatable bonds is 2. The van der Waals surface area contributed by atoms with Crippen molar-refractivity contribution in [2.24, 2.45) is 0 Å². The SMILES string of the molecule is CSc1nc(-c2ccc3nc[nH]c(=O)c3c2)c(C#N)c(=O)[nH]1. The number of aromatic nitrogens is 4. The van der Waals surface area contributed by atoms with Crippen molar-refractivity contribution >= 4 is 22.7 Å². The first-order chi connectivity index (χ1) is 10.6. The van der Waals surface area contributed by atoms with Crippen LogP contribution in [0.1, 0.15) is 5.56 Å². The highest BCUT2D eigenvalue weighted by Gasteiger charge is 2.14. The summed E-state index contributed by atoms with van der Waals surface area (Å²) in [6.45, 7) is 0. The Morgan fingerprint density at radius 3 is 2.82 bits per heavy atom. The molecule has 0 aliphatic heterocycles. The quantitative estimate of drug-likeness (QED) is 0.544. The van der Waals surface area contributed by atoms with Crippen LogP contribution in [0.4, 0.5) is 0 Å². The molecule has 2 heterocycles. The molecule has 3 aromatic rings. The number of aromatic amines is 2. The standard InChI is InChI=1S/C14H9N5O2S/c1-22-14-18-11(9(5-15)13(21)19-14)7-2-3-10-8(4-7)12(20)17-6-16-10/h2-4,6H,1H3,(H,16,17,20)(H,18,19,21). The molecule has 8 heteroatoms. The van der Waals surface area contributed by atoms with Crippen molar-refractivity contribution in [3.63, 3.8) is 0 Å². The molecule has 22 heavy (non-hydrogen) atoms. The van der Waals surface area contributed by atoms with E-state index in [0.717, 1.165) is 0 Å². The van der Waals surface area contributed by atoms with E-state index in [2.05, 4.69) is 19.9 Å². The number of hydrogen-bond acceptors (Lipinski definition) is 6. The molecular formula is C14H9N5O2S. The van der Waals surface area contributed by atoms with E-state index in [0.29, 0.717) is 21.6 Å². The summed E-state index contributed by atoms with van der Waals surface area (Å²) < 4.78 is 0. The number of thioether (sulfide) groups is 1. The van der Waals surface area contributed by atoms with Crippen molar-refractivity contribution in [3.05, 3.63) is 50.8 Å². The smallest absolute Gasteiger partial charge is 0.270 e. The zero-order chi connectivity index (χ0) is 15.7. The molecule has 3 rings (SSSR count). The Hall–Kier alpha value is -2.92. The van der Waals surface area contributed by atoms with Gasteiger partial charge in [0.25, 0.3) is 11.1 Å². The number of benzene rings is 1. The van der Waals surface area contributed by atoms with E-state index in [-0.39, 0.29) is 16.8 Å². The highest BCUT2D eigenvalue weighted by atomic mass is 32.2. The minimum Gasteiger partial charge on any atom is -0.313 e. The normalized spacial score (nSPS) is 10.5. The Bertz CT molecular complexity index is 1030. The lowest BCUT2D eigenvalue weighted by molar-refractivity contribution is 0.938. The van der Waals surface area contributed by atoms with E-state index in [4.69, 9.17) is 0 Å².